The third-order valence-corrected chi connectivity index (χ3v) is 9.10. The average Bonchev–Trinajstić information content (AvgIpc) is 3.29. The van der Waals surface area contributed by atoms with Gasteiger partial charge in [0, 0.05) is 33.7 Å². The Balaban J connectivity index is 1.52. The van der Waals surface area contributed by atoms with Crippen LogP contribution in [0.15, 0.2) is 47.4 Å². The molecule has 4 rings (SSSR count). The molecule has 38 heavy (non-hydrogen) atoms. The molecule has 0 spiro atoms. The van der Waals surface area contributed by atoms with E-state index in [1.54, 1.807) is 17.8 Å². The molecule has 0 bridgehead atoms. The second-order valence-electron chi connectivity index (χ2n) is 9.61. The summed E-state index contributed by atoms with van der Waals surface area (Å²) >= 11 is 3.14. The first kappa shape index (κ1) is 28.4. The topological polar surface area (TPSA) is 71.5 Å². The number of carboxylic acid groups (broad SMARTS) is 1. The normalized spacial score (nSPS) is 17.9. The molecule has 204 valence electrons. The molecule has 5 nitrogen and oxygen atoms in total. The van der Waals surface area contributed by atoms with Gasteiger partial charge in [0.1, 0.15) is 10.8 Å². The molecule has 1 fully saturated rings. The van der Waals surface area contributed by atoms with Crippen LogP contribution in [0.1, 0.15) is 54.3 Å². The van der Waals surface area contributed by atoms with Crippen molar-refractivity contribution in [2.24, 2.45) is 5.92 Å². The van der Waals surface area contributed by atoms with Gasteiger partial charge in [-0.2, -0.15) is 13.2 Å². The van der Waals surface area contributed by atoms with E-state index in [4.69, 9.17) is 14.8 Å². The van der Waals surface area contributed by atoms with Crippen LogP contribution in [0.5, 0.6) is 5.75 Å². The SMILES string of the molecule is Cc1cc(SCc2sc(-c3ccc(C(F)(F)F)cc3)nc2CNC2CCCCC2C)ccc1OCC(=O)O. The predicted octanol–water partition coefficient (Wildman–Crippen LogP) is 7.56. The third kappa shape index (κ3) is 7.51. The van der Waals surface area contributed by atoms with Crippen LogP contribution in [0.3, 0.4) is 0 Å². The van der Waals surface area contributed by atoms with E-state index in [1.807, 2.05) is 19.1 Å². The van der Waals surface area contributed by atoms with E-state index in [0.29, 0.717) is 40.6 Å². The first-order valence-electron chi connectivity index (χ1n) is 12.6. The van der Waals surface area contributed by atoms with Crippen LogP contribution in [-0.2, 0) is 23.3 Å². The Morgan fingerprint density at radius 3 is 2.58 bits per heavy atom. The molecule has 2 atom stereocenters. The smallest absolute Gasteiger partial charge is 0.416 e. The van der Waals surface area contributed by atoms with Crippen molar-refractivity contribution in [3.8, 4) is 16.3 Å². The molecule has 1 saturated carbocycles. The van der Waals surface area contributed by atoms with Crippen molar-refractivity contribution < 1.29 is 27.8 Å². The molecule has 0 saturated heterocycles. The van der Waals surface area contributed by atoms with Crippen LogP contribution < -0.4 is 10.1 Å². The number of carbonyl (C=O) groups is 1. The van der Waals surface area contributed by atoms with Gasteiger partial charge in [-0.15, -0.1) is 23.1 Å². The molecular formula is C28H31F3N2O3S2. The number of nitrogens with one attached hydrogen (secondary N) is 1. The number of thiazole rings is 1. The second-order valence-corrected chi connectivity index (χ2v) is 11.7. The number of aliphatic carboxylic acids is 1. The number of benzene rings is 2. The molecule has 3 aromatic rings. The quantitative estimate of drug-likeness (QED) is 0.248. The second kappa shape index (κ2) is 12.5. The summed E-state index contributed by atoms with van der Waals surface area (Å²) in [7, 11) is 0. The fourth-order valence-electron chi connectivity index (χ4n) is 4.57. The Hall–Kier alpha value is -2.56. The lowest BCUT2D eigenvalue weighted by Gasteiger charge is -2.29. The maximum atomic E-state index is 13.0. The van der Waals surface area contributed by atoms with Crippen LogP contribution >= 0.6 is 23.1 Å². The van der Waals surface area contributed by atoms with Crippen LogP contribution in [0, 0.1) is 12.8 Å². The fourth-order valence-corrected chi connectivity index (χ4v) is 6.75. The number of hydrogen-bond donors (Lipinski definition) is 2. The summed E-state index contributed by atoms with van der Waals surface area (Å²) < 4.78 is 44.4. The molecule has 1 heterocycles. The van der Waals surface area contributed by atoms with E-state index in [-0.39, 0.29) is 0 Å². The maximum Gasteiger partial charge on any atom is 0.416 e. The number of rotatable bonds is 10. The largest absolute Gasteiger partial charge is 0.482 e. The number of ether oxygens (including phenoxy) is 1. The Morgan fingerprint density at radius 1 is 1.18 bits per heavy atom. The first-order chi connectivity index (χ1) is 18.1. The van der Waals surface area contributed by atoms with Gasteiger partial charge in [-0.25, -0.2) is 9.78 Å². The van der Waals surface area contributed by atoms with Gasteiger partial charge >= 0.3 is 12.1 Å². The van der Waals surface area contributed by atoms with Gasteiger partial charge in [0.2, 0.25) is 0 Å². The molecule has 10 heteroatoms. The summed E-state index contributed by atoms with van der Waals surface area (Å²) in [5.41, 5.74) is 1.77. The lowest BCUT2D eigenvalue weighted by molar-refractivity contribution is -0.139. The number of halogens is 3. The number of thioether (sulfide) groups is 1. The number of hydrogen-bond acceptors (Lipinski definition) is 6. The molecule has 0 amide bonds. The van der Waals surface area contributed by atoms with E-state index in [0.717, 1.165) is 39.6 Å². The lowest BCUT2D eigenvalue weighted by atomic mass is 9.86. The molecule has 0 radical (unpaired) electrons. The van der Waals surface area contributed by atoms with Gasteiger partial charge in [-0.3, -0.25) is 0 Å². The summed E-state index contributed by atoms with van der Waals surface area (Å²) in [5.74, 6) is 0.760. The van der Waals surface area contributed by atoms with Gasteiger partial charge in [-0.1, -0.05) is 31.9 Å². The van der Waals surface area contributed by atoms with Crippen LogP contribution in [-0.4, -0.2) is 28.7 Å². The van der Waals surface area contributed by atoms with Crippen molar-refractivity contribution in [3.63, 3.8) is 0 Å². The van der Waals surface area contributed by atoms with Crippen LogP contribution in [0.4, 0.5) is 13.2 Å². The van der Waals surface area contributed by atoms with Gasteiger partial charge in [0.15, 0.2) is 6.61 Å². The maximum absolute atomic E-state index is 13.0. The van der Waals surface area contributed by atoms with E-state index in [1.165, 1.54) is 42.7 Å². The predicted molar refractivity (Wildman–Crippen MR) is 145 cm³/mol. The zero-order valence-corrected chi connectivity index (χ0v) is 22.9. The molecule has 1 aromatic heterocycles. The highest BCUT2D eigenvalue weighted by Crippen LogP contribution is 2.36. The summed E-state index contributed by atoms with van der Waals surface area (Å²) in [6.45, 7) is 4.37. The van der Waals surface area contributed by atoms with Crippen LogP contribution in [0.2, 0.25) is 0 Å². The van der Waals surface area contributed by atoms with E-state index in [2.05, 4.69) is 12.2 Å². The monoisotopic (exact) mass is 564 g/mol. The number of nitrogens with zero attached hydrogens (tertiary/aromatic N) is 1. The van der Waals surface area contributed by atoms with Gasteiger partial charge in [-0.05, 0) is 61.6 Å². The minimum absolute atomic E-state index is 0.392. The Kier molecular flexibility index (Phi) is 9.38. The molecule has 2 aromatic carbocycles. The van der Waals surface area contributed by atoms with Gasteiger partial charge in [0.25, 0.3) is 0 Å². The number of alkyl halides is 3. The van der Waals surface area contributed by atoms with Crippen molar-refractivity contribution in [2.75, 3.05) is 6.61 Å². The molecule has 0 aliphatic heterocycles. The van der Waals surface area contributed by atoms with Crippen molar-refractivity contribution in [3.05, 3.63) is 64.2 Å². The zero-order chi connectivity index (χ0) is 27.3. The first-order valence-corrected chi connectivity index (χ1v) is 14.4. The highest BCUT2D eigenvalue weighted by Gasteiger charge is 2.30. The van der Waals surface area contributed by atoms with E-state index < -0.39 is 24.3 Å². The summed E-state index contributed by atoms with van der Waals surface area (Å²) in [5, 5.41) is 13.2. The standard InChI is InChI=1S/C28H31F3N2O3S2/c1-17-5-3-4-6-22(17)32-14-23-25(16-37-21-11-12-24(18(2)13-21)36-15-26(34)35)38-27(33-23)19-7-9-20(10-8-19)28(29,30)31/h7-13,17,22,32H,3-6,14-16H2,1-2H3,(H,34,35). The zero-order valence-electron chi connectivity index (χ0n) is 21.3. The van der Waals surface area contributed by atoms with Crippen LogP contribution in [0.25, 0.3) is 10.6 Å². The van der Waals surface area contributed by atoms with E-state index in [9.17, 15) is 18.0 Å². The number of aromatic nitrogens is 1. The molecule has 1 aliphatic rings. The van der Waals surface area contributed by atoms with Crippen molar-refractivity contribution in [2.45, 2.75) is 68.9 Å². The average molecular weight is 565 g/mol. The minimum Gasteiger partial charge on any atom is -0.482 e. The highest BCUT2D eigenvalue weighted by atomic mass is 32.2. The van der Waals surface area contributed by atoms with Gasteiger partial charge in [0.05, 0.1) is 11.3 Å². The molecule has 2 unspecified atom stereocenters. The summed E-state index contributed by atoms with van der Waals surface area (Å²) in [6, 6.07) is 11.2. The lowest BCUT2D eigenvalue weighted by Crippen LogP contribution is -2.36. The summed E-state index contributed by atoms with van der Waals surface area (Å²) in [6.07, 6.45) is 0.442. The molecule has 1 aliphatic carbocycles. The van der Waals surface area contributed by atoms with Crippen molar-refractivity contribution in [1.29, 1.82) is 0 Å². The fraction of sp³-hybridized carbons (Fsp3) is 0.429. The molecular weight excluding hydrogens is 533 g/mol. The Labute approximate surface area is 228 Å². The van der Waals surface area contributed by atoms with Crippen molar-refractivity contribution >= 4 is 29.1 Å². The Morgan fingerprint density at radius 2 is 1.92 bits per heavy atom. The van der Waals surface area contributed by atoms with Gasteiger partial charge < -0.3 is 15.2 Å². The van der Waals surface area contributed by atoms with E-state index >= 15 is 0 Å². The third-order valence-electron chi connectivity index (χ3n) is 6.75. The minimum atomic E-state index is -4.37. The van der Waals surface area contributed by atoms with Crippen molar-refractivity contribution in [1.82, 2.24) is 10.3 Å². The number of carboxylic acids is 1. The Bertz CT molecular complexity index is 1250. The number of aryl methyl sites for hydroxylation is 1. The molecule has 2 N–H and O–H groups in total. The summed E-state index contributed by atoms with van der Waals surface area (Å²) in [4.78, 5) is 17.7. The highest BCUT2D eigenvalue weighted by molar-refractivity contribution is 7.98.